The molecule has 0 aliphatic carbocycles. The van der Waals surface area contributed by atoms with Gasteiger partial charge in [-0.25, -0.2) is 9.59 Å². The third-order valence-electron chi connectivity index (χ3n) is 6.89. The topological polar surface area (TPSA) is 89.5 Å². The minimum atomic E-state index is -0.788. The van der Waals surface area contributed by atoms with Crippen molar-refractivity contribution in [3.05, 3.63) is 35.4 Å². The molecule has 0 spiro atoms. The van der Waals surface area contributed by atoms with Crippen molar-refractivity contribution in [1.82, 2.24) is 0 Å². The minimum absolute atomic E-state index is 0.297. The van der Waals surface area contributed by atoms with Crippen molar-refractivity contribution in [2.24, 2.45) is 11.8 Å². The van der Waals surface area contributed by atoms with Gasteiger partial charge in [0.1, 0.15) is 0 Å². The molecule has 0 N–H and O–H groups in total. The Bertz CT molecular complexity index is 745. The molecule has 0 saturated carbocycles. The lowest BCUT2D eigenvalue weighted by Gasteiger charge is -2.22. The van der Waals surface area contributed by atoms with Crippen molar-refractivity contribution in [3.63, 3.8) is 0 Å². The quantitative estimate of drug-likeness (QED) is 0.103. The molecule has 0 radical (unpaired) electrons. The van der Waals surface area contributed by atoms with E-state index in [1.807, 2.05) is 0 Å². The van der Waals surface area contributed by atoms with E-state index in [4.69, 9.17) is 28.4 Å². The fraction of sp³-hybridized carbons (Fsp3) is 0.750. The zero-order valence-corrected chi connectivity index (χ0v) is 26.1. The van der Waals surface area contributed by atoms with Crippen LogP contribution in [0.3, 0.4) is 0 Å². The van der Waals surface area contributed by atoms with Crippen LogP contribution in [-0.4, -0.2) is 50.3 Å². The number of benzene rings is 1. The van der Waals surface area contributed by atoms with Crippen LogP contribution in [0.1, 0.15) is 127 Å². The summed E-state index contributed by atoms with van der Waals surface area (Å²) in [5, 5.41) is 0. The van der Waals surface area contributed by atoms with Crippen LogP contribution >= 0.6 is 0 Å². The lowest BCUT2D eigenvalue weighted by atomic mass is 10.0. The van der Waals surface area contributed by atoms with Crippen LogP contribution < -0.4 is 0 Å². The van der Waals surface area contributed by atoms with Crippen molar-refractivity contribution >= 4 is 11.9 Å². The summed E-state index contributed by atoms with van der Waals surface area (Å²) >= 11 is 0. The highest BCUT2D eigenvalue weighted by Gasteiger charge is 2.19. The maximum absolute atomic E-state index is 12.5. The van der Waals surface area contributed by atoms with E-state index in [1.54, 1.807) is 27.7 Å². The standard InChI is InChI=1S/C32H54O8/c1-9-13-15-27(11-3)21-35-23(5)37-25(7)39-31(33)29-17-19-30(20-18-29)32(34)40-26(8)38-24(6)36-22-28(12-4)16-14-10-2/h17-20,23-28H,9-16,21-22H2,1-8H3. The fourth-order valence-corrected chi connectivity index (χ4v) is 4.19. The number of carbonyl (C=O) groups is 2. The molecular weight excluding hydrogens is 512 g/mol. The van der Waals surface area contributed by atoms with Gasteiger partial charge in [-0.1, -0.05) is 66.2 Å². The summed E-state index contributed by atoms with van der Waals surface area (Å²) in [5.74, 6) is -0.120. The molecule has 230 valence electrons. The van der Waals surface area contributed by atoms with Gasteiger partial charge in [-0.05, 0) is 76.6 Å². The Morgan fingerprint density at radius 3 is 1.25 bits per heavy atom. The van der Waals surface area contributed by atoms with Gasteiger partial charge < -0.3 is 28.4 Å². The first-order valence-corrected chi connectivity index (χ1v) is 15.2. The predicted molar refractivity (Wildman–Crippen MR) is 156 cm³/mol. The molecule has 0 aromatic heterocycles. The van der Waals surface area contributed by atoms with E-state index in [-0.39, 0.29) is 0 Å². The van der Waals surface area contributed by atoms with E-state index in [1.165, 1.54) is 49.9 Å². The van der Waals surface area contributed by atoms with Crippen LogP contribution in [0.2, 0.25) is 0 Å². The molecule has 1 aromatic carbocycles. The maximum atomic E-state index is 12.5. The fourth-order valence-electron chi connectivity index (χ4n) is 4.19. The first-order valence-electron chi connectivity index (χ1n) is 15.2. The van der Waals surface area contributed by atoms with E-state index in [0.717, 1.165) is 25.7 Å². The van der Waals surface area contributed by atoms with Crippen LogP contribution in [0, 0.1) is 11.8 Å². The van der Waals surface area contributed by atoms with Gasteiger partial charge in [0.15, 0.2) is 12.6 Å². The molecule has 6 unspecified atom stereocenters. The van der Waals surface area contributed by atoms with Gasteiger partial charge in [0.05, 0.1) is 24.3 Å². The van der Waals surface area contributed by atoms with E-state index < -0.39 is 37.1 Å². The number of ether oxygens (including phenoxy) is 6. The number of hydrogen-bond acceptors (Lipinski definition) is 8. The van der Waals surface area contributed by atoms with Gasteiger partial charge in [0.25, 0.3) is 0 Å². The number of esters is 2. The molecule has 0 aliphatic heterocycles. The lowest BCUT2D eigenvalue weighted by Crippen LogP contribution is -2.26. The molecule has 40 heavy (non-hydrogen) atoms. The van der Waals surface area contributed by atoms with Crippen molar-refractivity contribution in [1.29, 1.82) is 0 Å². The number of unbranched alkanes of at least 4 members (excludes halogenated alkanes) is 2. The van der Waals surface area contributed by atoms with E-state index in [9.17, 15) is 9.59 Å². The third-order valence-corrected chi connectivity index (χ3v) is 6.89. The van der Waals surface area contributed by atoms with Gasteiger partial charge in [-0.3, -0.25) is 0 Å². The summed E-state index contributed by atoms with van der Waals surface area (Å²) in [4.78, 5) is 25.1. The lowest BCUT2D eigenvalue weighted by molar-refractivity contribution is -0.218. The highest BCUT2D eigenvalue weighted by molar-refractivity contribution is 5.93. The first-order chi connectivity index (χ1) is 19.1. The van der Waals surface area contributed by atoms with E-state index in [2.05, 4.69) is 27.7 Å². The van der Waals surface area contributed by atoms with Gasteiger partial charge >= 0.3 is 11.9 Å². The van der Waals surface area contributed by atoms with Gasteiger partial charge in [0.2, 0.25) is 12.6 Å². The second-order valence-electron chi connectivity index (χ2n) is 10.4. The molecule has 0 saturated heterocycles. The molecule has 8 nitrogen and oxygen atoms in total. The molecule has 1 aromatic rings. The number of hydrogen-bond donors (Lipinski definition) is 0. The minimum Gasteiger partial charge on any atom is -0.432 e. The Hall–Kier alpha value is -2.00. The van der Waals surface area contributed by atoms with Crippen molar-refractivity contribution < 1.29 is 38.0 Å². The number of rotatable bonds is 22. The summed E-state index contributed by atoms with van der Waals surface area (Å²) < 4.78 is 33.7. The summed E-state index contributed by atoms with van der Waals surface area (Å²) in [7, 11) is 0. The largest absolute Gasteiger partial charge is 0.432 e. The molecule has 0 amide bonds. The van der Waals surface area contributed by atoms with Gasteiger partial charge in [-0.15, -0.1) is 0 Å². The molecule has 0 heterocycles. The zero-order chi connectivity index (χ0) is 29.9. The van der Waals surface area contributed by atoms with E-state index in [0.29, 0.717) is 36.2 Å². The predicted octanol–water partition coefficient (Wildman–Crippen LogP) is 7.88. The zero-order valence-electron chi connectivity index (χ0n) is 26.1. The summed E-state index contributed by atoms with van der Waals surface area (Å²) in [6.45, 7) is 16.8. The third kappa shape index (κ3) is 15.1. The summed E-state index contributed by atoms with van der Waals surface area (Å²) in [6.07, 6.45) is 6.49. The molecule has 6 atom stereocenters. The monoisotopic (exact) mass is 566 g/mol. The Balaban J connectivity index is 2.46. The summed E-state index contributed by atoms with van der Waals surface area (Å²) in [5.41, 5.74) is 0.595. The number of carbonyl (C=O) groups excluding carboxylic acids is 2. The molecule has 0 aliphatic rings. The molecule has 1 rings (SSSR count). The van der Waals surface area contributed by atoms with Crippen LogP contribution in [0.15, 0.2) is 24.3 Å². The highest BCUT2D eigenvalue weighted by Crippen LogP contribution is 2.17. The van der Waals surface area contributed by atoms with Crippen molar-refractivity contribution in [2.75, 3.05) is 13.2 Å². The molecule has 0 bridgehead atoms. The van der Waals surface area contributed by atoms with Crippen LogP contribution in [-0.2, 0) is 28.4 Å². The van der Waals surface area contributed by atoms with Crippen LogP contribution in [0.4, 0.5) is 0 Å². The van der Waals surface area contributed by atoms with Gasteiger partial charge in [-0.2, -0.15) is 0 Å². The molecular formula is C32H54O8. The Labute approximate surface area is 242 Å². The molecule has 8 heteroatoms. The molecule has 0 fully saturated rings. The second-order valence-corrected chi connectivity index (χ2v) is 10.4. The van der Waals surface area contributed by atoms with Crippen molar-refractivity contribution in [3.8, 4) is 0 Å². The summed E-state index contributed by atoms with van der Waals surface area (Å²) in [6, 6.07) is 6.07. The van der Waals surface area contributed by atoms with Crippen LogP contribution in [0.25, 0.3) is 0 Å². The van der Waals surface area contributed by atoms with Gasteiger partial charge in [0, 0.05) is 0 Å². The second kappa shape index (κ2) is 20.8. The Morgan fingerprint density at radius 2 is 0.950 bits per heavy atom. The SMILES string of the molecule is CCCCC(CC)COC(C)OC(C)OC(=O)c1ccc(C(=O)OC(C)OC(C)OCC(CC)CCCC)cc1. The average Bonchev–Trinajstić information content (AvgIpc) is 2.93. The smallest absolute Gasteiger partial charge is 0.340 e. The Kier molecular flexibility index (Phi) is 18.7. The van der Waals surface area contributed by atoms with Crippen molar-refractivity contribution in [2.45, 2.75) is 132 Å². The normalized spacial score (nSPS) is 16.0. The van der Waals surface area contributed by atoms with E-state index >= 15 is 0 Å². The average molecular weight is 567 g/mol. The Morgan fingerprint density at radius 1 is 0.600 bits per heavy atom. The van der Waals surface area contributed by atoms with Crippen LogP contribution in [0.5, 0.6) is 0 Å². The highest BCUT2D eigenvalue weighted by atomic mass is 16.8. The first kappa shape index (κ1) is 36.0. The maximum Gasteiger partial charge on any atom is 0.340 e.